The highest BCUT2D eigenvalue weighted by molar-refractivity contribution is 7.92. The smallest absolute Gasteiger partial charge is 0.322 e. The number of hydrogen-bond acceptors (Lipinski definition) is 3. The first-order valence-corrected chi connectivity index (χ1v) is 10.5. The molecule has 0 aliphatic heterocycles. The van der Waals surface area contributed by atoms with Gasteiger partial charge in [-0.2, -0.15) is 0 Å². The van der Waals surface area contributed by atoms with Crippen LogP contribution >= 0.6 is 11.6 Å². The molecule has 0 radical (unpaired) electrons. The molecule has 0 aliphatic rings. The average molecular weight is 395 g/mol. The maximum absolute atomic E-state index is 12.6. The molecule has 0 fully saturated rings. The Balaban J connectivity index is 1.90. The number of carbonyl (C=O) groups is 1. The van der Waals surface area contributed by atoms with Crippen molar-refractivity contribution in [2.24, 2.45) is 0 Å². The Morgan fingerprint density at radius 2 is 1.62 bits per heavy atom. The summed E-state index contributed by atoms with van der Waals surface area (Å²) in [5, 5.41) is 8.69. The maximum Gasteiger partial charge on any atom is 0.322 e. The van der Waals surface area contributed by atoms with Gasteiger partial charge in [-0.15, -0.1) is 0 Å². The Kier molecular flexibility index (Phi) is 7.23. The Labute approximate surface area is 159 Å². The van der Waals surface area contributed by atoms with E-state index < -0.39 is 21.1 Å². The first kappa shape index (κ1) is 20.5. The Morgan fingerprint density at radius 3 is 2.19 bits per heavy atom. The zero-order valence-electron chi connectivity index (χ0n) is 14.7. The van der Waals surface area contributed by atoms with Crippen LogP contribution in [0.4, 0.5) is 0 Å². The predicted molar refractivity (Wildman–Crippen MR) is 103 cm³/mol. The number of aryl methyl sites for hydroxylation is 2. The second-order valence-electron chi connectivity index (χ2n) is 6.41. The standard InChI is InChI=1S/C20H23ClO4S/c1-15-7-13-18(14-8-15)26(24,25)19(20(22)23)6-4-2-3-5-16-9-11-17(21)12-10-16/h7-14,19H,2-6H2,1H3,(H,22,23)/t19-/m0/s1. The van der Waals surface area contributed by atoms with Gasteiger partial charge in [-0.3, -0.25) is 4.79 Å². The molecule has 26 heavy (non-hydrogen) atoms. The van der Waals surface area contributed by atoms with Crippen LogP contribution in [0.5, 0.6) is 0 Å². The molecule has 0 aliphatic carbocycles. The summed E-state index contributed by atoms with van der Waals surface area (Å²) in [6.07, 6.45) is 3.18. The summed E-state index contributed by atoms with van der Waals surface area (Å²) in [5.41, 5.74) is 2.09. The van der Waals surface area contributed by atoms with Crippen LogP contribution in [0.25, 0.3) is 0 Å². The normalized spacial score (nSPS) is 12.7. The van der Waals surface area contributed by atoms with Crippen molar-refractivity contribution in [3.05, 3.63) is 64.7 Å². The van der Waals surface area contributed by atoms with Crippen LogP contribution in [-0.2, 0) is 21.1 Å². The summed E-state index contributed by atoms with van der Waals surface area (Å²) < 4.78 is 25.2. The molecule has 2 rings (SSSR count). The van der Waals surface area contributed by atoms with Gasteiger partial charge in [-0.1, -0.05) is 54.3 Å². The van der Waals surface area contributed by atoms with Crippen LogP contribution in [0.15, 0.2) is 53.4 Å². The third kappa shape index (κ3) is 5.58. The molecule has 6 heteroatoms. The van der Waals surface area contributed by atoms with Gasteiger partial charge < -0.3 is 5.11 Å². The van der Waals surface area contributed by atoms with Crippen molar-refractivity contribution in [1.82, 2.24) is 0 Å². The number of benzene rings is 2. The zero-order valence-corrected chi connectivity index (χ0v) is 16.3. The lowest BCUT2D eigenvalue weighted by Gasteiger charge is -2.14. The quantitative estimate of drug-likeness (QED) is 0.627. The minimum Gasteiger partial charge on any atom is -0.480 e. The van der Waals surface area contributed by atoms with Crippen molar-refractivity contribution >= 4 is 27.4 Å². The number of halogens is 1. The number of rotatable bonds is 9. The molecule has 2 aromatic carbocycles. The molecule has 4 nitrogen and oxygen atoms in total. The summed E-state index contributed by atoms with van der Waals surface area (Å²) in [5.74, 6) is -1.29. The second kappa shape index (κ2) is 9.19. The Morgan fingerprint density at radius 1 is 1.00 bits per heavy atom. The Hall–Kier alpha value is -1.85. The zero-order chi connectivity index (χ0) is 19.2. The lowest BCUT2D eigenvalue weighted by molar-refractivity contribution is -0.136. The van der Waals surface area contributed by atoms with E-state index in [1.165, 1.54) is 12.1 Å². The van der Waals surface area contributed by atoms with Gasteiger partial charge in [0.1, 0.15) is 0 Å². The average Bonchev–Trinajstić information content (AvgIpc) is 2.59. The maximum atomic E-state index is 12.6. The number of aliphatic carboxylic acids is 1. The van der Waals surface area contributed by atoms with E-state index in [1.54, 1.807) is 12.1 Å². The van der Waals surface area contributed by atoms with E-state index in [0.717, 1.165) is 30.4 Å². The largest absolute Gasteiger partial charge is 0.480 e. The van der Waals surface area contributed by atoms with E-state index in [4.69, 9.17) is 11.6 Å². The van der Waals surface area contributed by atoms with Gasteiger partial charge >= 0.3 is 5.97 Å². The van der Waals surface area contributed by atoms with E-state index in [1.807, 2.05) is 31.2 Å². The van der Waals surface area contributed by atoms with Crippen LogP contribution in [0.1, 0.15) is 36.8 Å². The number of carboxylic acids is 1. The highest BCUT2D eigenvalue weighted by atomic mass is 35.5. The summed E-state index contributed by atoms with van der Waals surface area (Å²) >= 11 is 5.85. The molecule has 0 saturated carbocycles. The molecule has 0 saturated heterocycles. The van der Waals surface area contributed by atoms with Crippen LogP contribution in [0.3, 0.4) is 0 Å². The summed E-state index contributed by atoms with van der Waals surface area (Å²) in [4.78, 5) is 11.6. The van der Waals surface area contributed by atoms with Gasteiger partial charge in [0.15, 0.2) is 15.1 Å². The minimum atomic E-state index is -3.88. The van der Waals surface area contributed by atoms with E-state index in [-0.39, 0.29) is 11.3 Å². The number of hydrogen-bond donors (Lipinski definition) is 1. The number of carboxylic acid groups (broad SMARTS) is 1. The number of sulfone groups is 1. The highest BCUT2D eigenvalue weighted by Crippen LogP contribution is 2.22. The summed E-state index contributed by atoms with van der Waals surface area (Å²) in [6.45, 7) is 1.85. The first-order chi connectivity index (χ1) is 12.3. The van der Waals surface area contributed by atoms with Crippen molar-refractivity contribution < 1.29 is 18.3 Å². The third-order valence-electron chi connectivity index (χ3n) is 4.34. The fourth-order valence-corrected chi connectivity index (χ4v) is 4.50. The highest BCUT2D eigenvalue weighted by Gasteiger charge is 2.33. The monoisotopic (exact) mass is 394 g/mol. The summed E-state index contributed by atoms with van der Waals surface area (Å²) in [7, 11) is -3.88. The van der Waals surface area contributed by atoms with Gasteiger partial charge in [0.2, 0.25) is 0 Å². The van der Waals surface area contributed by atoms with E-state index in [0.29, 0.717) is 11.4 Å². The molecule has 0 bridgehead atoms. The molecule has 0 heterocycles. The van der Waals surface area contributed by atoms with E-state index in [2.05, 4.69) is 0 Å². The third-order valence-corrected chi connectivity index (χ3v) is 6.71. The van der Waals surface area contributed by atoms with Gasteiger partial charge in [-0.05, 0) is 56.0 Å². The summed E-state index contributed by atoms with van der Waals surface area (Å²) in [6, 6.07) is 13.9. The van der Waals surface area contributed by atoms with Crippen molar-refractivity contribution in [2.75, 3.05) is 0 Å². The molecule has 1 atom stereocenters. The Bertz CT molecular complexity index is 827. The fraction of sp³-hybridized carbons (Fsp3) is 0.350. The van der Waals surface area contributed by atoms with Gasteiger partial charge in [0.05, 0.1) is 4.90 Å². The minimum absolute atomic E-state index is 0.0664. The van der Waals surface area contributed by atoms with Crippen molar-refractivity contribution in [1.29, 1.82) is 0 Å². The van der Waals surface area contributed by atoms with Crippen molar-refractivity contribution in [2.45, 2.75) is 49.2 Å². The lowest BCUT2D eigenvalue weighted by atomic mass is 10.1. The molecule has 0 spiro atoms. The molecule has 2 aromatic rings. The van der Waals surface area contributed by atoms with Crippen molar-refractivity contribution in [3.8, 4) is 0 Å². The first-order valence-electron chi connectivity index (χ1n) is 8.58. The predicted octanol–water partition coefficient (Wildman–Crippen LogP) is 4.68. The van der Waals surface area contributed by atoms with Crippen LogP contribution < -0.4 is 0 Å². The molecule has 1 N–H and O–H groups in total. The topological polar surface area (TPSA) is 71.4 Å². The van der Waals surface area contributed by atoms with Gasteiger partial charge in [-0.25, -0.2) is 8.42 Å². The van der Waals surface area contributed by atoms with E-state index in [9.17, 15) is 18.3 Å². The molecule has 0 unspecified atom stereocenters. The lowest BCUT2D eigenvalue weighted by Crippen LogP contribution is -2.30. The number of unbranched alkanes of at least 4 members (excludes halogenated alkanes) is 2. The van der Waals surface area contributed by atoms with Gasteiger partial charge in [0, 0.05) is 5.02 Å². The van der Waals surface area contributed by atoms with Crippen LogP contribution in [0, 0.1) is 6.92 Å². The SMILES string of the molecule is Cc1ccc(S(=O)(=O)[C@@H](CCCCCc2ccc(Cl)cc2)C(=O)O)cc1. The van der Waals surface area contributed by atoms with Crippen molar-refractivity contribution in [3.63, 3.8) is 0 Å². The molecule has 0 aromatic heterocycles. The van der Waals surface area contributed by atoms with Crippen LogP contribution in [-0.4, -0.2) is 24.7 Å². The second-order valence-corrected chi connectivity index (χ2v) is 8.98. The molecule has 140 valence electrons. The van der Waals surface area contributed by atoms with E-state index >= 15 is 0 Å². The van der Waals surface area contributed by atoms with Gasteiger partial charge in [0.25, 0.3) is 0 Å². The molecular weight excluding hydrogens is 372 g/mol. The fourth-order valence-electron chi connectivity index (χ4n) is 2.79. The van der Waals surface area contributed by atoms with Crippen LogP contribution in [0.2, 0.25) is 5.02 Å². The molecular formula is C20H23ClO4S. The molecule has 0 amide bonds.